The second kappa shape index (κ2) is 9.79. The van der Waals surface area contributed by atoms with Gasteiger partial charge in [0.15, 0.2) is 0 Å². The summed E-state index contributed by atoms with van der Waals surface area (Å²) in [5.74, 6) is 0.243. The van der Waals surface area contributed by atoms with E-state index in [0.717, 1.165) is 24.2 Å². The minimum absolute atomic E-state index is 0.00581. The smallest absolute Gasteiger partial charge is 0.255 e. The van der Waals surface area contributed by atoms with E-state index in [4.69, 9.17) is 16.3 Å². The first kappa shape index (κ1) is 21.2. The summed E-state index contributed by atoms with van der Waals surface area (Å²) in [5.41, 5.74) is 1.49. The maximum atomic E-state index is 13.1. The quantitative estimate of drug-likeness (QED) is 0.693. The van der Waals surface area contributed by atoms with Gasteiger partial charge in [0.05, 0.1) is 23.6 Å². The number of benzene rings is 2. The fourth-order valence-corrected chi connectivity index (χ4v) is 3.97. The summed E-state index contributed by atoms with van der Waals surface area (Å²) in [6.45, 7) is 3.59. The maximum absolute atomic E-state index is 13.1. The van der Waals surface area contributed by atoms with Crippen LogP contribution in [0.1, 0.15) is 41.6 Å². The molecule has 2 aromatic rings. The third-order valence-electron chi connectivity index (χ3n) is 5.42. The number of methoxy groups -OCH3 is 1. The predicted molar refractivity (Wildman–Crippen MR) is 114 cm³/mol. The van der Waals surface area contributed by atoms with E-state index in [0.29, 0.717) is 30.2 Å². The van der Waals surface area contributed by atoms with Crippen LogP contribution in [-0.4, -0.2) is 43.5 Å². The summed E-state index contributed by atoms with van der Waals surface area (Å²) in [6.07, 6.45) is 1.96. The molecule has 1 heterocycles. The largest absolute Gasteiger partial charge is 0.497 e. The van der Waals surface area contributed by atoms with Crippen molar-refractivity contribution in [3.8, 4) is 5.75 Å². The van der Waals surface area contributed by atoms with Gasteiger partial charge in [-0.25, -0.2) is 0 Å². The van der Waals surface area contributed by atoms with Gasteiger partial charge in [-0.1, -0.05) is 49.2 Å². The molecule has 1 aliphatic rings. The van der Waals surface area contributed by atoms with Crippen molar-refractivity contribution in [1.82, 2.24) is 10.2 Å². The van der Waals surface area contributed by atoms with E-state index < -0.39 is 0 Å². The molecular formula is C23H27ClN2O3. The number of nitrogens with one attached hydrogen (secondary N) is 1. The van der Waals surface area contributed by atoms with E-state index in [-0.39, 0.29) is 23.7 Å². The monoisotopic (exact) mass is 414 g/mol. The van der Waals surface area contributed by atoms with Crippen LogP contribution in [0.3, 0.4) is 0 Å². The van der Waals surface area contributed by atoms with Gasteiger partial charge < -0.3 is 15.0 Å². The molecule has 0 aromatic heterocycles. The Morgan fingerprint density at radius 3 is 2.52 bits per heavy atom. The van der Waals surface area contributed by atoms with Crippen molar-refractivity contribution < 1.29 is 14.3 Å². The second-order valence-electron chi connectivity index (χ2n) is 7.32. The highest BCUT2D eigenvalue weighted by Crippen LogP contribution is 2.35. The van der Waals surface area contributed by atoms with Crippen LogP contribution in [0.2, 0.25) is 5.02 Å². The molecule has 1 aliphatic heterocycles. The lowest BCUT2D eigenvalue weighted by Gasteiger charge is -2.18. The highest BCUT2D eigenvalue weighted by atomic mass is 35.5. The van der Waals surface area contributed by atoms with Crippen molar-refractivity contribution in [2.24, 2.45) is 5.92 Å². The Labute approximate surface area is 177 Å². The lowest BCUT2D eigenvalue weighted by Crippen LogP contribution is -2.36. The third kappa shape index (κ3) is 4.91. The van der Waals surface area contributed by atoms with Crippen LogP contribution in [0.4, 0.5) is 0 Å². The third-order valence-corrected chi connectivity index (χ3v) is 5.75. The molecule has 0 aliphatic carbocycles. The number of unbranched alkanes of at least 4 members (excludes halogenated alkanes) is 1. The van der Waals surface area contributed by atoms with Crippen LogP contribution < -0.4 is 10.1 Å². The first-order valence-corrected chi connectivity index (χ1v) is 10.4. The number of halogens is 1. The maximum Gasteiger partial charge on any atom is 0.255 e. The van der Waals surface area contributed by atoms with Gasteiger partial charge in [-0.15, -0.1) is 0 Å². The van der Waals surface area contributed by atoms with Gasteiger partial charge in [-0.3, -0.25) is 9.59 Å². The van der Waals surface area contributed by atoms with Crippen LogP contribution in [0, 0.1) is 5.92 Å². The summed E-state index contributed by atoms with van der Waals surface area (Å²) in [6, 6.07) is 14.7. The fraction of sp³-hybridized carbons (Fsp3) is 0.391. The number of amides is 2. The van der Waals surface area contributed by atoms with E-state index in [2.05, 4.69) is 12.2 Å². The zero-order valence-electron chi connectivity index (χ0n) is 16.9. The van der Waals surface area contributed by atoms with Gasteiger partial charge in [0.25, 0.3) is 5.91 Å². The number of carbonyl (C=O) groups excluding carboxylic acids is 2. The van der Waals surface area contributed by atoms with E-state index in [9.17, 15) is 9.59 Å². The number of ether oxygens (including phenoxy) is 1. The predicted octanol–water partition coefficient (Wildman–Crippen LogP) is 4.12. The van der Waals surface area contributed by atoms with Crippen molar-refractivity contribution in [2.75, 3.05) is 26.7 Å². The fourth-order valence-electron chi connectivity index (χ4n) is 3.75. The van der Waals surface area contributed by atoms with Gasteiger partial charge in [0.1, 0.15) is 5.75 Å². The molecule has 2 unspecified atom stereocenters. The molecule has 1 saturated heterocycles. The molecule has 0 spiro atoms. The Morgan fingerprint density at radius 1 is 1.14 bits per heavy atom. The van der Waals surface area contributed by atoms with E-state index in [1.807, 2.05) is 24.3 Å². The summed E-state index contributed by atoms with van der Waals surface area (Å²) >= 11 is 6.23. The highest BCUT2D eigenvalue weighted by molar-refractivity contribution is 6.33. The average molecular weight is 415 g/mol. The molecule has 154 valence electrons. The molecule has 1 fully saturated rings. The molecule has 0 saturated carbocycles. The zero-order chi connectivity index (χ0) is 20.8. The van der Waals surface area contributed by atoms with E-state index >= 15 is 0 Å². The van der Waals surface area contributed by atoms with Crippen LogP contribution in [0.25, 0.3) is 0 Å². The number of rotatable bonds is 7. The molecule has 5 nitrogen and oxygen atoms in total. The van der Waals surface area contributed by atoms with Crippen LogP contribution >= 0.6 is 11.6 Å². The molecule has 0 bridgehead atoms. The summed E-state index contributed by atoms with van der Waals surface area (Å²) in [5, 5.41) is 3.46. The Hall–Kier alpha value is -2.53. The van der Waals surface area contributed by atoms with Crippen molar-refractivity contribution in [3.63, 3.8) is 0 Å². The molecular weight excluding hydrogens is 388 g/mol. The topological polar surface area (TPSA) is 58.6 Å². The number of likely N-dealkylation sites (tertiary alicyclic amines) is 1. The number of hydrogen-bond acceptors (Lipinski definition) is 3. The Morgan fingerprint density at radius 2 is 1.86 bits per heavy atom. The van der Waals surface area contributed by atoms with Crippen LogP contribution in [0.15, 0.2) is 48.5 Å². The van der Waals surface area contributed by atoms with Crippen molar-refractivity contribution >= 4 is 23.4 Å². The van der Waals surface area contributed by atoms with E-state index in [1.54, 1.807) is 36.3 Å². The molecule has 2 aromatic carbocycles. The molecule has 2 atom stereocenters. The zero-order valence-corrected chi connectivity index (χ0v) is 17.6. The average Bonchev–Trinajstić information content (AvgIpc) is 3.19. The molecule has 1 N–H and O–H groups in total. The van der Waals surface area contributed by atoms with Gasteiger partial charge in [-0.2, -0.15) is 0 Å². The minimum atomic E-state index is -0.299. The molecule has 0 radical (unpaired) electrons. The highest BCUT2D eigenvalue weighted by Gasteiger charge is 2.40. The van der Waals surface area contributed by atoms with Crippen LogP contribution in [-0.2, 0) is 4.79 Å². The Kier molecular flexibility index (Phi) is 7.15. The van der Waals surface area contributed by atoms with Crippen molar-refractivity contribution in [3.05, 3.63) is 64.7 Å². The normalized spacial score (nSPS) is 18.5. The lowest BCUT2D eigenvalue weighted by atomic mass is 9.88. The molecule has 2 amide bonds. The molecule has 6 heteroatoms. The number of carbonyl (C=O) groups is 2. The van der Waals surface area contributed by atoms with Crippen molar-refractivity contribution in [1.29, 1.82) is 0 Å². The van der Waals surface area contributed by atoms with Crippen LogP contribution in [0.5, 0.6) is 5.75 Å². The summed E-state index contributed by atoms with van der Waals surface area (Å²) in [4.78, 5) is 27.7. The number of nitrogens with zero attached hydrogens (tertiary/aromatic N) is 1. The van der Waals surface area contributed by atoms with E-state index in [1.165, 1.54) is 0 Å². The summed E-state index contributed by atoms with van der Waals surface area (Å²) in [7, 11) is 1.62. The standard InChI is InChI=1S/C23H27ClN2O3/c1-3-4-13-25-22(27)20-15-26(23(28)18-7-5-6-8-21(18)24)14-19(20)16-9-11-17(29-2)12-10-16/h5-12,19-20H,3-4,13-15H2,1-2H3,(H,25,27). The van der Waals surface area contributed by atoms with Crippen molar-refractivity contribution in [2.45, 2.75) is 25.7 Å². The second-order valence-corrected chi connectivity index (χ2v) is 7.73. The Bertz CT molecular complexity index is 853. The SMILES string of the molecule is CCCCNC(=O)C1CN(C(=O)c2ccccc2Cl)CC1c1ccc(OC)cc1. The Balaban J connectivity index is 1.83. The summed E-state index contributed by atoms with van der Waals surface area (Å²) < 4.78 is 5.24. The van der Waals surface area contributed by atoms with Gasteiger partial charge in [0, 0.05) is 25.6 Å². The van der Waals surface area contributed by atoms with Gasteiger partial charge >= 0.3 is 0 Å². The molecule has 3 rings (SSSR count). The van der Waals surface area contributed by atoms with Gasteiger partial charge in [0.2, 0.25) is 5.91 Å². The lowest BCUT2D eigenvalue weighted by molar-refractivity contribution is -0.124. The first-order chi connectivity index (χ1) is 14.0. The minimum Gasteiger partial charge on any atom is -0.497 e. The first-order valence-electron chi connectivity index (χ1n) is 10.0. The molecule has 29 heavy (non-hydrogen) atoms. The number of hydrogen-bond donors (Lipinski definition) is 1. The van der Waals surface area contributed by atoms with Gasteiger partial charge in [-0.05, 0) is 36.2 Å².